The zero-order chi connectivity index (χ0) is 65.5. The molecule has 0 fully saturated rings. The van der Waals surface area contributed by atoms with Crippen molar-refractivity contribution in [1.82, 2.24) is 58.8 Å². The first-order valence-corrected chi connectivity index (χ1v) is 29.7. The van der Waals surface area contributed by atoms with E-state index < -0.39 is 5.41 Å². The van der Waals surface area contributed by atoms with Crippen LogP contribution in [0.3, 0.4) is 0 Å². The molecule has 91 heavy (non-hydrogen) atoms. The van der Waals surface area contributed by atoms with Crippen molar-refractivity contribution in [2.24, 2.45) is 5.41 Å². The molecule has 0 bridgehead atoms. The van der Waals surface area contributed by atoms with Gasteiger partial charge in [-0.1, -0.05) is 124 Å². The van der Waals surface area contributed by atoms with Gasteiger partial charge < -0.3 is 23.9 Å². The number of Topliss-reactive ketones (excluding diaryl/α,β-unsaturated/α-hetero) is 1. The second kappa shape index (κ2) is 31.3. The maximum Gasteiger partial charge on any atom is 0.348 e. The molecular formula is C71H85N13O7. The van der Waals surface area contributed by atoms with E-state index in [0.717, 1.165) is 39.2 Å². The number of esters is 1. The number of hydrogen-bond donors (Lipinski definition) is 2. The molecule has 3 amide bonds. The van der Waals surface area contributed by atoms with E-state index in [9.17, 15) is 24.0 Å². The van der Waals surface area contributed by atoms with Crippen molar-refractivity contribution in [3.8, 4) is 11.6 Å². The molecule has 2 N–H and O–H groups in total. The molecule has 10 rings (SSSR count). The molecule has 0 saturated carbocycles. The van der Waals surface area contributed by atoms with E-state index >= 15 is 0 Å². The van der Waals surface area contributed by atoms with Crippen LogP contribution in [0.2, 0.25) is 0 Å². The Morgan fingerprint density at radius 2 is 1.21 bits per heavy atom. The van der Waals surface area contributed by atoms with Crippen LogP contribution in [0.15, 0.2) is 182 Å². The number of amides is 3. The van der Waals surface area contributed by atoms with Crippen LogP contribution in [-0.2, 0) is 35.5 Å². The number of rotatable bonds is 16. The Bertz CT molecular complexity index is 4060. The molecule has 0 aliphatic carbocycles. The number of ketones is 1. The Morgan fingerprint density at radius 3 is 1.78 bits per heavy atom. The van der Waals surface area contributed by atoms with Crippen LogP contribution >= 0.6 is 0 Å². The van der Waals surface area contributed by atoms with Crippen molar-refractivity contribution in [2.75, 3.05) is 5.32 Å². The Kier molecular flexibility index (Phi) is 24.0. The van der Waals surface area contributed by atoms with Gasteiger partial charge in [0, 0.05) is 53.7 Å². The van der Waals surface area contributed by atoms with Gasteiger partial charge >= 0.3 is 17.7 Å². The number of carbonyl (C=O) groups is 4. The van der Waals surface area contributed by atoms with Crippen LogP contribution in [-0.4, -0.2) is 82.7 Å². The average Bonchev–Trinajstić information content (AvgIpc) is 1.79. The minimum atomic E-state index is -0.590. The molecule has 0 spiro atoms. The summed E-state index contributed by atoms with van der Waals surface area (Å²) < 4.78 is 16.9. The molecule has 0 unspecified atom stereocenters. The quantitative estimate of drug-likeness (QED) is 0.0520. The molecule has 20 nitrogen and oxygen atoms in total. The minimum absolute atomic E-state index is 0. The average molecular weight is 1230 g/mol. The van der Waals surface area contributed by atoms with Gasteiger partial charge in [-0.05, 0) is 136 Å². The Balaban J connectivity index is 0.000000208. The van der Waals surface area contributed by atoms with E-state index in [2.05, 4.69) is 72.5 Å². The third kappa shape index (κ3) is 19.4. The van der Waals surface area contributed by atoms with E-state index in [-0.39, 0.29) is 91.7 Å². The highest BCUT2D eigenvalue weighted by Gasteiger charge is 2.29. The summed E-state index contributed by atoms with van der Waals surface area (Å²) in [5.74, 6) is 0.384. The lowest BCUT2D eigenvalue weighted by Gasteiger charge is -2.36. The number of fused-ring (bicyclic) bond motifs is 2. The van der Waals surface area contributed by atoms with Crippen molar-refractivity contribution in [2.45, 2.75) is 147 Å². The maximum atomic E-state index is 12.6. The van der Waals surface area contributed by atoms with Crippen molar-refractivity contribution >= 4 is 57.5 Å². The molecule has 5 aromatic heterocycles. The van der Waals surface area contributed by atoms with Gasteiger partial charge in [-0.15, -0.1) is 0 Å². The third-order valence-electron chi connectivity index (χ3n) is 14.0. The monoisotopic (exact) mass is 1230 g/mol. The molecule has 1 aliphatic heterocycles. The van der Waals surface area contributed by atoms with Gasteiger partial charge in [0.15, 0.2) is 22.6 Å². The number of allylic oxidation sites excluding steroid dienone is 2. The summed E-state index contributed by atoms with van der Waals surface area (Å²) in [5.41, 5.74) is 9.16. The normalized spacial score (nSPS) is 12.1. The molecule has 0 atom stereocenters. The van der Waals surface area contributed by atoms with Crippen LogP contribution in [0.4, 0.5) is 10.7 Å². The number of benzene rings is 4. The maximum absolute atomic E-state index is 12.6. The number of ether oxygens (including phenoxy) is 2. The van der Waals surface area contributed by atoms with Crippen LogP contribution in [0, 0.1) is 5.41 Å². The molecule has 0 saturated heterocycles. The highest BCUT2D eigenvalue weighted by molar-refractivity contribution is 5.98. The fourth-order valence-electron chi connectivity index (χ4n) is 8.78. The van der Waals surface area contributed by atoms with Gasteiger partial charge in [0.25, 0.3) is 0 Å². The number of hydrogen-bond acceptors (Lipinski definition) is 14. The highest BCUT2D eigenvalue weighted by atomic mass is 16.5. The number of nitrogens with zero attached hydrogens (tertiary/aromatic N) is 11. The van der Waals surface area contributed by atoms with Gasteiger partial charge in [0.2, 0.25) is 17.7 Å². The molecule has 0 radical (unpaired) electrons. The lowest BCUT2D eigenvalue weighted by molar-refractivity contribution is -0.143. The lowest BCUT2D eigenvalue weighted by atomic mass is 9.97. The topological polar surface area (TPSA) is 236 Å². The van der Waals surface area contributed by atoms with E-state index in [4.69, 9.17) is 9.47 Å². The molecule has 9 aromatic rings. The summed E-state index contributed by atoms with van der Waals surface area (Å²) in [6.07, 6.45) is 9.60. The molecule has 476 valence electrons. The number of anilines is 1. The third-order valence-corrected chi connectivity index (χ3v) is 14.0. The van der Waals surface area contributed by atoms with E-state index in [1.165, 1.54) is 6.33 Å². The Labute approximate surface area is 533 Å². The number of imidazole rings is 2. The lowest BCUT2D eigenvalue weighted by Crippen LogP contribution is -2.49. The van der Waals surface area contributed by atoms with Crippen molar-refractivity contribution < 1.29 is 28.7 Å². The highest BCUT2D eigenvalue weighted by Crippen LogP contribution is 2.28. The van der Waals surface area contributed by atoms with Crippen LogP contribution in [0.1, 0.15) is 154 Å². The summed E-state index contributed by atoms with van der Waals surface area (Å²) >= 11 is 0. The summed E-state index contributed by atoms with van der Waals surface area (Å²) in [6.45, 7) is 33.4. The SMILES string of the molecule is C.C=C(Cc1ccn(C(C)C)c(=O)n1)c1ccccc1.C=C1NC(=O)N(C(C)(C)C)C=C1C.CC(C)n1cnc2c(CC(=O)c3ccccc3)ncnc21.CC(C)n1cnc2c(OCc3ccc(OC(=O)C(C)(C)C)cc3)nc(NC(=O)Cc3ccccc3)nc21. The fraction of sp³-hybridized carbons (Fsp3) is 0.324. The first kappa shape index (κ1) is 69.9. The molecule has 20 heteroatoms. The summed E-state index contributed by atoms with van der Waals surface area (Å²) in [6, 6.07) is 38.0. The number of aromatic nitrogens is 10. The zero-order valence-corrected chi connectivity index (χ0v) is 53.7. The van der Waals surface area contributed by atoms with Gasteiger partial charge in [-0.25, -0.2) is 29.5 Å². The number of nitrogens with one attached hydrogen (secondary N) is 2. The fourth-order valence-corrected chi connectivity index (χ4v) is 8.78. The number of carbonyl (C=O) groups excluding carboxylic acids is 4. The van der Waals surface area contributed by atoms with E-state index in [1.54, 1.807) is 61.2 Å². The zero-order valence-electron chi connectivity index (χ0n) is 53.7. The predicted octanol–water partition coefficient (Wildman–Crippen LogP) is 13.9. The second-order valence-electron chi connectivity index (χ2n) is 24.4. The van der Waals surface area contributed by atoms with Gasteiger partial charge in [0.1, 0.15) is 24.2 Å². The Hall–Kier alpha value is -10.2. The smallest absolute Gasteiger partial charge is 0.348 e. The van der Waals surface area contributed by atoms with Crippen LogP contribution in [0.25, 0.3) is 27.9 Å². The van der Waals surface area contributed by atoms with Crippen LogP contribution < -0.4 is 25.8 Å². The van der Waals surface area contributed by atoms with E-state index in [0.29, 0.717) is 45.8 Å². The van der Waals surface area contributed by atoms with Crippen molar-refractivity contribution in [3.05, 3.63) is 221 Å². The molecule has 1 aliphatic rings. The molecule has 4 aromatic carbocycles. The van der Waals surface area contributed by atoms with Gasteiger partial charge in [-0.3, -0.25) is 29.2 Å². The first-order chi connectivity index (χ1) is 42.7. The summed E-state index contributed by atoms with van der Waals surface area (Å²) in [4.78, 5) is 92.5. The van der Waals surface area contributed by atoms with Crippen LogP contribution in [0.5, 0.6) is 11.6 Å². The molecular weight excluding hydrogens is 1150 g/mol. The number of urea groups is 1. The van der Waals surface area contributed by atoms with E-state index in [1.807, 2.05) is 180 Å². The minimum Gasteiger partial charge on any atom is -0.471 e. The Morgan fingerprint density at radius 1 is 0.637 bits per heavy atom. The molecule has 6 heterocycles. The van der Waals surface area contributed by atoms with Crippen molar-refractivity contribution in [3.63, 3.8) is 0 Å². The standard InChI is InChI=1S/C28H31N5O4.C16H16N4O.C16H18N2O.C10H16N2O.CH4/c1-18(2)33-17-29-23-24(33)31-27(30-22(34)15-19-9-7-6-8-10-19)32-25(23)36-16-20-11-13-21(14-12-20)37-26(35)28(3,4)5;1-11(2)20-10-19-15-13(17-9-18-16(15)20)8-14(21)12-6-4-3-5-7-12;1-12(2)18-10-9-15(17-16(18)19)11-13(3)14-7-5-4-6-8-14;1-7-6-12(10(3,4)5)9(13)11-8(7)2;/h6-14,17-18H,15-16H2,1-5H3,(H,30,31,32,34);3-7,9-11H,8H2,1-2H3;4-10,12H,3,11H2,1-2H3;6H,2H2,1,3-5H3,(H,11,13);1H4. The second-order valence-corrected chi connectivity index (χ2v) is 24.4. The van der Waals surface area contributed by atoms with Crippen molar-refractivity contribution in [1.29, 1.82) is 0 Å². The van der Waals surface area contributed by atoms with Gasteiger partial charge in [-0.2, -0.15) is 15.0 Å². The first-order valence-electron chi connectivity index (χ1n) is 29.7. The van der Waals surface area contributed by atoms with Gasteiger partial charge in [0.05, 0.1) is 42.3 Å². The summed E-state index contributed by atoms with van der Waals surface area (Å²) in [7, 11) is 0. The summed E-state index contributed by atoms with van der Waals surface area (Å²) in [5, 5.41) is 5.49. The predicted molar refractivity (Wildman–Crippen MR) is 358 cm³/mol. The largest absolute Gasteiger partial charge is 0.471 e.